The second kappa shape index (κ2) is 7.35. The summed E-state index contributed by atoms with van der Waals surface area (Å²) in [5.74, 6) is 1.58. The van der Waals surface area contributed by atoms with E-state index in [0.717, 1.165) is 23.1 Å². The fourth-order valence-corrected chi connectivity index (χ4v) is 4.91. The summed E-state index contributed by atoms with van der Waals surface area (Å²) in [4.78, 5) is 18.2. The van der Waals surface area contributed by atoms with Crippen molar-refractivity contribution in [3.05, 3.63) is 73.7 Å². The highest BCUT2D eigenvalue weighted by molar-refractivity contribution is 7.98. The number of rotatable bonds is 6. The summed E-state index contributed by atoms with van der Waals surface area (Å²) in [6.07, 6.45) is 4.72. The van der Waals surface area contributed by atoms with Crippen molar-refractivity contribution in [1.29, 1.82) is 0 Å². The van der Waals surface area contributed by atoms with E-state index in [1.165, 1.54) is 22.1 Å². The third-order valence-electron chi connectivity index (χ3n) is 4.59. The van der Waals surface area contributed by atoms with Gasteiger partial charge in [-0.1, -0.05) is 29.4 Å². The van der Waals surface area contributed by atoms with E-state index in [1.807, 2.05) is 0 Å². The molecule has 1 aliphatic carbocycles. The second-order valence-corrected chi connectivity index (χ2v) is 9.12. The number of thiophene rings is 1. The highest BCUT2D eigenvalue weighted by atomic mass is 35.5. The van der Waals surface area contributed by atoms with Crippen LogP contribution in [0.4, 0.5) is 0 Å². The van der Waals surface area contributed by atoms with E-state index >= 15 is 0 Å². The first kappa shape index (κ1) is 17.9. The molecule has 0 N–H and O–H groups in total. The van der Waals surface area contributed by atoms with E-state index in [9.17, 15) is 4.79 Å². The van der Waals surface area contributed by atoms with Crippen molar-refractivity contribution in [2.24, 2.45) is 0 Å². The zero-order valence-corrected chi connectivity index (χ0v) is 17.2. The van der Waals surface area contributed by atoms with E-state index in [0.29, 0.717) is 22.5 Å². The predicted molar refractivity (Wildman–Crippen MR) is 111 cm³/mol. The monoisotopic (exact) mass is 429 g/mol. The van der Waals surface area contributed by atoms with Gasteiger partial charge < -0.3 is 4.57 Å². The van der Waals surface area contributed by atoms with E-state index in [-0.39, 0.29) is 5.56 Å². The van der Waals surface area contributed by atoms with Gasteiger partial charge >= 0.3 is 0 Å². The zero-order valence-electron chi connectivity index (χ0n) is 14.8. The lowest BCUT2D eigenvalue weighted by Gasteiger charge is -2.08. The Labute approximate surface area is 174 Å². The van der Waals surface area contributed by atoms with Crippen LogP contribution in [0.5, 0.6) is 0 Å². The molecule has 0 saturated heterocycles. The first-order valence-corrected chi connectivity index (χ1v) is 11.2. The molecule has 6 nitrogen and oxygen atoms in total. The number of pyridine rings is 1. The first-order valence-electron chi connectivity index (χ1n) is 8.94. The molecule has 28 heavy (non-hydrogen) atoms. The fraction of sp³-hybridized carbons (Fsp3) is 0.263. The molecule has 4 aromatic rings. The smallest absolute Gasteiger partial charge is 0.258 e. The molecule has 5 rings (SSSR count). The molecule has 0 radical (unpaired) electrons. The lowest BCUT2D eigenvalue weighted by atomic mass is 10.3. The Morgan fingerprint density at radius 3 is 2.93 bits per heavy atom. The molecule has 0 amide bonds. The van der Waals surface area contributed by atoms with Gasteiger partial charge in [0, 0.05) is 35.4 Å². The largest absolute Gasteiger partial charge is 0.303 e. The van der Waals surface area contributed by atoms with Gasteiger partial charge in [-0.15, -0.1) is 21.5 Å². The highest BCUT2D eigenvalue weighted by Gasteiger charge is 2.29. The van der Waals surface area contributed by atoms with Crippen LogP contribution in [0.1, 0.15) is 35.3 Å². The fourth-order valence-electron chi connectivity index (χ4n) is 3.13. The Kier molecular flexibility index (Phi) is 4.70. The Bertz CT molecular complexity index is 1200. The van der Waals surface area contributed by atoms with Crippen LogP contribution in [0.15, 0.2) is 51.9 Å². The topological polar surface area (TPSA) is 65.1 Å². The minimum Gasteiger partial charge on any atom is -0.303 e. The Hall–Kier alpha value is -2.16. The lowest BCUT2D eigenvalue weighted by Crippen LogP contribution is -2.15. The van der Waals surface area contributed by atoms with Crippen molar-refractivity contribution in [3.63, 3.8) is 0 Å². The number of nitrogens with zero attached hydrogens (tertiary/aromatic N) is 5. The van der Waals surface area contributed by atoms with Crippen molar-refractivity contribution >= 4 is 40.3 Å². The molecule has 1 saturated carbocycles. The lowest BCUT2D eigenvalue weighted by molar-refractivity contribution is 0.635. The molecule has 0 unspecified atom stereocenters. The van der Waals surface area contributed by atoms with Crippen molar-refractivity contribution < 1.29 is 0 Å². The third-order valence-corrected chi connectivity index (χ3v) is 6.66. The third kappa shape index (κ3) is 3.59. The van der Waals surface area contributed by atoms with E-state index < -0.39 is 0 Å². The van der Waals surface area contributed by atoms with E-state index in [1.54, 1.807) is 47.5 Å². The summed E-state index contributed by atoms with van der Waals surface area (Å²) in [6.45, 7) is 0. The first-order chi connectivity index (χ1) is 13.7. The molecular weight excluding hydrogens is 414 g/mol. The summed E-state index contributed by atoms with van der Waals surface area (Å²) in [5.41, 5.74) is 1.18. The summed E-state index contributed by atoms with van der Waals surface area (Å²) in [6, 6.07) is 9.72. The van der Waals surface area contributed by atoms with Crippen molar-refractivity contribution in [2.45, 2.75) is 36.2 Å². The van der Waals surface area contributed by atoms with Crippen LogP contribution >= 0.6 is 34.7 Å². The number of halogens is 1. The molecular formula is C19H16ClN5OS2. The number of hydrogen-bond donors (Lipinski definition) is 0. The summed E-state index contributed by atoms with van der Waals surface area (Å²) in [5, 5.41) is 12.3. The maximum atomic E-state index is 12.4. The summed E-state index contributed by atoms with van der Waals surface area (Å²) < 4.78 is 3.72. The van der Waals surface area contributed by atoms with Crippen LogP contribution in [0.25, 0.3) is 5.65 Å². The minimum atomic E-state index is -0.134. The standard InChI is InChI=1S/C19H16ClN5OS2/c20-12-3-6-16-21-13(8-18(26)24(16)10-12)11-28-19-23-22-17(25(19)14-4-5-14)9-15-2-1-7-27-15/h1-3,6-8,10,14H,4-5,9,11H2. The molecule has 0 atom stereocenters. The normalized spacial score (nSPS) is 14.0. The van der Waals surface area contributed by atoms with Crippen molar-refractivity contribution in [2.75, 3.05) is 0 Å². The molecule has 1 aliphatic rings. The number of hydrogen-bond acceptors (Lipinski definition) is 6. The molecule has 0 spiro atoms. The van der Waals surface area contributed by atoms with Crippen LogP contribution in [-0.4, -0.2) is 24.1 Å². The average molecular weight is 430 g/mol. The van der Waals surface area contributed by atoms with Gasteiger partial charge in [-0.3, -0.25) is 9.20 Å². The SMILES string of the molecule is O=c1cc(CSc2nnc(Cc3cccs3)n2C2CC2)nc2ccc(Cl)cn12. The Balaban J connectivity index is 1.39. The molecule has 4 heterocycles. The van der Waals surface area contributed by atoms with Gasteiger partial charge in [-0.05, 0) is 36.4 Å². The van der Waals surface area contributed by atoms with E-state index in [4.69, 9.17) is 11.6 Å². The quantitative estimate of drug-likeness (QED) is 0.429. The van der Waals surface area contributed by atoms with Crippen molar-refractivity contribution in [1.82, 2.24) is 24.1 Å². The maximum Gasteiger partial charge on any atom is 0.258 e. The van der Waals surface area contributed by atoms with Crippen LogP contribution in [0.3, 0.4) is 0 Å². The molecule has 142 valence electrons. The van der Waals surface area contributed by atoms with Gasteiger partial charge in [0.1, 0.15) is 11.5 Å². The summed E-state index contributed by atoms with van der Waals surface area (Å²) >= 11 is 9.28. The van der Waals surface area contributed by atoms with Gasteiger partial charge in [-0.2, -0.15) is 0 Å². The van der Waals surface area contributed by atoms with Crippen LogP contribution in [0.2, 0.25) is 5.02 Å². The van der Waals surface area contributed by atoms with E-state index in [2.05, 4.69) is 37.3 Å². The maximum absolute atomic E-state index is 12.4. The highest BCUT2D eigenvalue weighted by Crippen LogP contribution is 2.39. The molecule has 1 fully saturated rings. The number of thioether (sulfide) groups is 1. The van der Waals surface area contributed by atoms with Crippen LogP contribution in [0, 0.1) is 0 Å². The molecule has 4 aromatic heterocycles. The van der Waals surface area contributed by atoms with Crippen molar-refractivity contribution in [3.8, 4) is 0 Å². The van der Waals surface area contributed by atoms with Gasteiger partial charge in [0.15, 0.2) is 5.16 Å². The Morgan fingerprint density at radius 1 is 1.25 bits per heavy atom. The Morgan fingerprint density at radius 2 is 2.14 bits per heavy atom. The minimum absolute atomic E-state index is 0.134. The zero-order chi connectivity index (χ0) is 19.1. The van der Waals surface area contributed by atoms with Gasteiger partial charge in [0.2, 0.25) is 0 Å². The number of fused-ring (bicyclic) bond motifs is 1. The number of aromatic nitrogens is 5. The molecule has 0 aliphatic heterocycles. The van der Waals surface area contributed by atoms with Gasteiger partial charge in [0.05, 0.1) is 10.7 Å². The predicted octanol–water partition coefficient (Wildman–Crippen LogP) is 4.22. The average Bonchev–Trinajstić information content (AvgIpc) is 3.23. The molecule has 9 heteroatoms. The summed E-state index contributed by atoms with van der Waals surface area (Å²) in [7, 11) is 0. The van der Waals surface area contributed by atoms with Gasteiger partial charge in [0.25, 0.3) is 5.56 Å². The molecule has 0 aromatic carbocycles. The van der Waals surface area contributed by atoms with Crippen LogP contribution < -0.4 is 5.56 Å². The second-order valence-electron chi connectivity index (χ2n) is 6.71. The van der Waals surface area contributed by atoms with Gasteiger partial charge in [-0.25, -0.2) is 4.98 Å². The molecule has 0 bridgehead atoms. The van der Waals surface area contributed by atoms with Crippen LogP contribution in [-0.2, 0) is 12.2 Å².